The summed E-state index contributed by atoms with van der Waals surface area (Å²) in [6.45, 7) is 2.55. The van der Waals surface area contributed by atoms with Crippen LogP contribution in [0.5, 0.6) is 5.75 Å². The van der Waals surface area contributed by atoms with E-state index < -0.39 is 12.7 Å². The summed E-state index contributed by atoms with van der Waals surface area (Å²) in [5.41, 5.74) is 0. The van der Waals surface area contributed by atoms with Crippen molar-refractivity contribution in [1.82, 2.24) is 9.78 Å². The van der Waals surface area contributed by atoms with Gasteiger partial charge < -0.3 is 4.74 Å². The SMILES string of the molecule is C=CCOc1cnn(CC(F)(F)F)c1. The van der Waals surface area contributed by atoms with Gasteiger partial charge in [-0.3, -0.25) is 4.68 Å². The van der Waals surface area contributed by atoms with E-state index in [-0.39, 0.29) is 6.61 Å². The lowest BCUT2D eigenvalue weighted by Gasteiger charge is -2.04. The van der Waals surface area contributed by atoms with Crippen molar-refractivity contribution >= 4 is 0 Å². The normalized spacial score (nSPS) is 11.4. The molecule has 0 fully saturated rings. The number of hydrogen-bond acceptors (Lipinski definition) is 2. The molecule has 0 spiro atoms. The first-order valence-electron chi connectivity index (χ1n) is 3.84. The van der Waals surface area contributed by atoms with Crippen LogP contribution in [0, 0.1) is 0 Å². The molecule has 78 valence electrons. The van der Waals surface area contributed by atoms with Crippen LogP contribution in [0.1, 0.15) is 0 Å². The zero-order valence-corrected chi connectivity index (χ0v) is 7.29. The van der Waals surface area contributed by atoms with Gasteiger partial charge in [-0.1, -0.05) is 12.7 Å². The van der Waals surface area contributed by atoms with Crippen molar-refractivity contribution in [2.45, 2.75) is 12.7 Å². The predicted molar refractivity (Wildman–Crippen MR) is 44.0 cm³/mol. The van der Waals surface area contributed by atoms with Gasteiger partial charge in [-0.2, -0.15) is 18.3 Å². The van der Waals surface area contributed by atoms with Gasteiger partial charge >= 0.3 is 6.18 Å². The van der Waals surface area contributed by atoms with E-state index >= 15 is 0 Å². The highest BCUT2D eigenvalue weighted by Gasteiger charge is 2.28. The monoisotopic (exact) mass is 206 g/mol. The largest absolute Gasteiger partial charge is 0.486 e. The zero-order chi connectivity index (χ0) is 10.6. The van der Waals surface area contributed by atoms with E-state index in [2.05, 4.69) is 11.7 Å². The Hall–Kier alpha value is -1.46. The van der Waals surface area contributed by atoms with Gasteiger partial charge in [0.2, 0.25) is 0 Å². The van der Waals surface area contributed by atoms with E-state index in [1.165, 1.54) is 18.5 Å². The third kappa shape index (κ3) is 3.51. The minimum absolute atomic E-state index is 0.248. The van der Waals surface area contributed by atoms with Crippen LogP contribution in [0.2, 0.25) is 0 Å². The fraction of sp³-hybridized carbons (Fsp3) is 0.375. The molecule has 0 N–H and O–H groups in total. The molecule has 0 aliphatic rings. The van der Waals surface area contributed by atoms with Crippen LogP contribution in [0.15, 0.2) is 25.0 Å². The van der Waals surface area contributed by atoms with Gasteiger partial charge in [0.15, 0.2) is 5.75 Å². The number of halogens is 3. The van der Waals surface area contributed by atoms with E-state index in [9.17, 15) is 13.2 Å². The molecule has 0 amide bonds. The first-order chi connectivity index (χ1) is 6.51. The maximum absolute atomic E-state index is 11.9. The number of hydrogen-bond donors (Lipinski definition) is 0. The molecule has 0 atom stereocenters. The highest BCUT2D eigenvalue weighted by atomic mass is 19.4. The van der Waals surface area contributed by atoms with Crippen molar-refractivity contribution in [2.24, 2.45) is 0 Å². The van der Waals surface area contributed by atoms with E-state index in [4.69, 9.17) is 4.74 Å². The van der Waals surface area contributed by atoms with Crippen molar-refractivity contribution in [3.05, 3.63) is 25.0 Å². The Morgan fingerprint density at radius 3 is 2.86 bits per heavy atom. The minimum Gasteiger partial charge on any atom is -0.486 e. The molecule has 1 aromatic heterocycles. The fourth-order valence-electron chi connectivity index (χ4n) is 0.844. The second-order valence-corrected chi connectivity index (χ2v) is 2.59. The van der Waals surface area contributed by atoms with Gasteiger partial charge in [-0.25, -0.2) is 0 Å². The van der Waals surface area contributed by atoms with E-state index in [1.807, 2.05) is 0 Å². The van der Waals surface area contributed by atoms with Crippen LogP contribution in [0.4, 0.5) is 13.2 Å². The van der Waals surface area contributed by atoms with Crippen molar-refractivity contribution in [1.29, 1.82) is 0 Å². The second kappa shape index (κ2) is 4.17. The van der Waals surface area contributed by atoms with E-state index in [1.54, 1.807) is 0 Å². The summed E-state index contributed by atoms with van der Waals surface area (Å²) in [4.78, 5) is 0. The number of rotatable bonds is 4. The lowest BCUT2D eigenvalue weighted by Crippen LogP contribution is -2.17. The smallest absolute Gasteiger partial charge is 0.408 e. The summed E-state index contributed by atoms with van der Waals surface area (Å²) in [6, 6.07) is 0. The molecule has 3 nitrogen and oxygen atoms in total. The summed E-state index contributed by atoms with van der Waals surface area (Å²) in [5, 5.41) is 3.49. The lowest BCUT2D eigenvalue weighted by molar-refractivity contribution is -0.142. The van der Waals surface area contributed by atoms with Gasteiger partial charge in [0, 0.05) is 0 Å². The molecule has 14 heavy (non-hydrogen) atoms. The summed E-state index contributed by atoms with van der Waals surface area (Å²) in [7, 11) is 0. The second-order valence-electron chi connectivity index (χ2n) is 2.59. The highest BCUT2D eigenvalue weighted by Crippen LogP contribution is 2.18. The van der Waals surface area contributed by atoms with Crippen molar-refractivity contribution in [2.75, 3.05) is 6.61 Å². The molecule has 0 saturated carbocycles. The summed E-state index contributed by atoms with van der Waals surface area (Å²) >= 11 is 0. The predicted octanol–water partition coefficient (Wildman–Crippen LogP) is 2.01. The number of aromatic nitrogens is 2. The van der Waals surface area contributed by atoms with Gasteiger partial charge in [-0.05, 0) is 0 Å². The Balaban J connectivity index is 2.55. The average Bonchev–Trinajstić information content (AvgIpc) is 2.46. The van der Waals surface area contributed by atoms with Gasteiger partial charge in [-0.15, -0.1) is 0 Å². The average molecular weight is 206 g/mol. The van der Waals surface area contributed by atoms with Crippen LogP contribution in [0.25, 0.3) is 0 Å². The summed E-state index contributed by atoms with van der Waals surface area (Å²) in [6.07, 6.45) is -0.338. The fourth-order valence-corrected chi connectivity index (χ4v) is 0.844. The topological polar surface area (TPSA) is 27.1 Å². The molecule has 1 aromatic rings. The van der Waals surface area contributed by atoms with Crippen LogP contribution in [-0.4, -0.2) is 22.6 Å². The summed E-state index contributed by atoms with van der Waals surface area (Å²) in [5.74, 6) is 0.300. The van der Waals surface area contributed by atoms with Crippen molar-refractivity contribution in [3.8, 4) is 5.75 Å². The third-order valence-corrected chi connectivity index (χ3v) is 1.32. The molecule has 0 aromatic carbocycles. The molecule has 0 radical (unpaired) electrons. The van der Waals surface area contributed by atoms with Crippen LogP contribution >= 0.6 is 0 Å². The number of nitrogens with zero attached hydrogens (tertiary/aromatic N) is 2. The molecule has 0 aliphatic heterocycles. The Morgan fingerprint density at radius 2 is 2.29 bits per heavy atom. The van der Waals surface area contributed by atoms with Gasteiger partial charge in [0.05, 0.1) is 12.4 Å². The molecular weight excluding hydrogens is 197 g/mol. The van der Waals surface area contributed by atoms with Crippen LogP contribution in [-0.2, 0) is 6.54 Å². The molecule has 6 heteroatoms. The molecule has 0 unspecified atom stereocenters. The molecule has 1 rings (SSSR count). The standard InChI is InChI=1S/C8H9F3N2O/c1-2-3-14-7-4-12-13(5-7)6-8(9,10)11/h2,4-5H,1,3,6H2. The Morgan fingerprint density at radius 1 is 1.57 bits per heavy atom. The maximum Gasteiger partial charge on any atom is 0.408 e. The van der Waals surface area contributed by atoms with Crippen LogP contribution in [0.3, 0.4) is 0 Å². The molecular formula is C8H9F3N2O. The molecule has 0 aliphatic carbocycles. The van der Waals surface area contributed by atoms with Crippen LogP contribution < -0.4 is 4.74 Å². The molecule has 0 saturated heterocycles. The lowest BCUT2D eigenvalue weighted by atomic mass is 10.6. The minimum atomic E-state index is -4.26. The Bertz CT molecular complexity index is 306. The number of alkyl halides is 3. The summed E-state index contributed by atoms with van der Waals surface area (Å²) < 4.78 is 41.4. The van der Waals surface area contributed by atoms with Gasteiger partial charge in [0.1, 0.15) is 13.2 Å². The zero-order valence-electron chi connectivity index (χ0n) is 7.29. The first-order valence-corrected chi connectivity index (χ1v) is 3.84. The number of ether oxygens (including phenoxy) is 1. The highest BCUT2D eigenvalue weighted by molar-refractivity contribution is 5.12. The molecule has 0 bridgehead atoms. The van der Waals surface area contributed by atoms with Gasteiger partial charge in [0.25, 0.3) is 0 Å². The Kier molecular flexibility index (Phi) is 3.16. The van der Waals surface area contributed by atoms with Crippen molar-refractivity contribution < 1.29 is 17.9 Å². The van der Waals surface area contributed by atoms with E-state index in [0.29, 0.717) is 5.75 Å². The van der Waals surface area contributed by atoms with Crippen molar-refractivity contribution in [3.63, 3.8) is 0 Å². The third-order valence-electron chi connectivity index (χ3n) is 1.32. The quantitative estimate of drug-likeness (QED) is 0.704. The first kappa shape index (κ1) is 10.6. The molecule has 1 heterocycles. The maximum atomic E-state index is 11.9. The van der Waals surface area contributed by atoms with E-state index in [0.717, 1.165) is 4.68 Å². The Labute approximate surface area is 78.8 Å².